The number of nitrogens with zero attached hydrogens (tertiary/aromatic N) is 1. The van der Waals surface area contributed by atoms with Crippen molar-refractivity contribution in [1.82, 2.24) is 10.2 Å². The summed E-state index contributed by atoms with van der Waals surface area (Å²) in [4.78, 5) is 11.6. The molecule has 2 heterocycles. The molecule has 0 saturated heterocycles. The minimum absolute atomic E-state index is 0.464. The van der Waals surface area contributed by atoms with Gasteiger partial charge in [0.25, 0.3) is 0 Å². The highest BCUT2D eigenvalue weighted by Crippen LogP contribution is 2.13. The van der Waals surface area contributed by atoms with Gasteiger partial charge in [-0.2, -0.15) is 5.10 Å². The third kappa shape index (κ3) is 1.84. The quantitative estimate of drug-likeness (QED) is 0.754. The van der Waals surface area contributed by atoms with E-state index in [4.69, 9.17) is 0 Å². The lowest BCUT2D eigenvalue weighted by atomic mass is 10.2. The van der Waals surface area contributed by atoms with Crippen molar-refractivity contribution in [2.24, 2.45) is 0 Å². The smallest absolute Gasteiger partial charge is 0.170 e. The predicted molar refractivity (Wildman–Crippen MR) is 51.1 cm³/mol. The number of rotatable bonds is 3. The second-order valence-electron chi connectivity index (χ2n) is 2.69. The molecule has 0 aliphatic rings. The van der Waals surface area contributed by atoms with Gasteiger partial charge in [0.15, 0.2) is 6.29 Å². The van der Waals surface area contributed by atoms with Crippen LogP contribution in [0, 0.1) is 0 Å². The molecule has 2 rings (SSSR count). The van der Waals surface area contributed by atoms with Crippen molar-refractivity contribution in [1.29, 1.82) is 0 Å². The molecule has 2 aromatic heterocycles. The number of carbonyl (C=O) groups excluding carboxylic acids is 1. The van der Waals surface area contributed by atoms with Crippen LogP contribution in [0.25, 0.3) is 0 Å². The van der Waals surface area contributed by atoms with Crippen molar-refractivity contribution >= 4 is 17.6 Å². The number of H-pyrrole nitrogens is 1. The van der Waals surface area contributed by atoms with Gasteiger partial charge in [0.05, 0.1) is 0 Å². The molecule has 13 heavy (non-hydrogen) atoms. The average Bonchev–Trinajstić information content (AvgIpc) is 2.76. The Kier molecular flexibility index (Phi) is 2.23. The van der Waals surface area contributed by atoms with Crippen LogP contribution >= 0.6 is 11.3 Å². The first-order valence-corrected chi connectivity index (χ1v) is 4.78. The second kappa shape index (κ2) is 3.53. The Morgan fingerprint density at radius 3 is 3.15 bits per heavy atom. The Morgan fingerprint density at radius 1 is 1.62 bits per heavy atom. The zero-order valence-electron chi connectivity index (χ0n) is 6.86. The first kappa shape index (κ1) is 8.19. The topological polar surface area (TPSA) is 45.8 Å². The van der Waals surface area contributed by atoms with Crippen molar-refractivity contribution < 1.29 is 4.79 Å². The Morgan fingerprint density at radius 2 is 2.54 bits per heavy atom. The minimum Gasteiger partial charge on any atom is -0.296 e. The predicted octanol–water partition coefficient (Wildman–Crippen LogP) is 1.87. The fourth-order valence-electron chi connectivity index (χ4n) is 1.13. The molecular weight excluding hydrogens is 184 g/mol. The van der Waals surface area contributed by atoms with Crippen molar-refractivity contribution in [3.63, 3.8) is 0 Å². The van der Waals surface area contributed by atoms with Gasteiger partial charge in [-0.25, -0.2) is 0 Å². The molecule has 1 N–H and O–H groups in total. The molecule has 2 aromatic rings. The number of aromatic nitrogens is 2. The highest BCUT2D eigenvalue weighted by atomic mass is 32.1. The van der Waals surface area contributed by atoms with E-state index in [1.807, 2.05) is 11.4 Å². The third-order valence-corrected chi connectivity index (χ3v) is 2.59. The van der Waals surface area contributed by atoms with E-state index in [1.54, 1.807) is 17.4 Å². The van der Waals surface area contributed by atoms with Gasteiger partial charge in [0, 0.05) is 17.0 Å². The lowest BCUT2D eigenvalue weighted by molar-refractivity contribution is 0.111. The van der Waals surface area contributed by atoms with Crippen LogP contribution in [-0.4, -0.2) is 16.5 Å². The first-order valence-electron chi connectivity index (χ1n) is 3.90. The maximum Gasteiger partial charge on any atom is 0.170 e. The molecule has 0 aromatic carbocycles. The van der Waals surface area contributed by atoms with E-state index >= 15 is 0 Å². The highest BCUT2D eigenvalue weighted by molar-refractivity contribution is 7.09. The second-order valence-corrected chi connectivity index (χ2v) is 3.72. The van der Waals surface area contributed by atoms with Crippen LogP contribution in [0.1, 0.15) is 21.1 Å². The molecule has 3 nitrogen and oxygen atoms in total. The van der Waals surface area contributed by atoms with Crippen molar-refractivity contribution in [3.8, 4) is 0 Å². The summed E-state index contributed by atoms with van der Waals surface area (Å²) in [6.07, 6.45) is 1.56. The molecule has 0 bridgehead atoms. The van der Waals surface area contributed by atoms with Crippen molar-refractivity contribution in [3.05, 3.63) is 39.8 Å². The van der Waals surface area contributed by atoms with E-state index in [2.05, 4.69) is 16.3 Å². The van der Waals surface area contributed by atoms with Crippen LogP contribution in [0.4, 0.5) is 0 Å². The van der Waals surface area contributed by atoms with Crippen molar-refractivity contribution in [2.45, 2.75) is 6.42 Å². The van der Waals surface area contributed by atoms with Gasteiger partial charge in [0.1, 0.15) is 5.69 Å². The number of hydrogen-bond donors (Lipinski definition) is 1. The van der Waals surface area contributed by atoms with Crippen molar-refractivity contribution in [2.75, 3.05) is 0 Å². The SMILES string of the molecule is O=Cc1cc(Cc2cccs2)[nH]n1. The fraction of sp³-hybridized carbons (Fsp3) is 0.111. The summed E-state index contributed by atoms with van der Waals surface area (Å²) < 4.78 is 0. The lowest BCUT2D eigenvalue weighted by Gasteiger charge is -1.90. The molecule has 66 valence electrons. The maximum absolute atomic E-state index is 10.3. The van der Waals surface area contributed by atoms with E-state index in [0.29, 0.717) is 5.69 Å². The number of thiophene rings is 1. The van der Waals surface area contributed by atoms with Gasteiger partial charge in [0.2, 0.25) is 0 Å². The van der Waals surface area contributed by atoms with Gasteiger partial charge in [-0.1, -0.05) is 6.07 Å². The molecule has 0 unspecified atom stereocenters. The summed E-state index contributed by atoms with van der Waals surface area (Å²) in [5, 5.41) is 8.68. The molecule has 0 atom stereocenters. The minimum atomic E-state index is 0.464. The number of hydrogen-bond acceptors (Lipinski definition) is 3. The summed E-state index contributed by atoms with van der Waals surface area (Å²) >= 11 is 1.70. The Hall–Kier alpha value is -1.42. The zero-order chi connectivity index (χ0) is 9.10. The normalized spacial score (nSPS) is 10.2. The van der Waals surface area contributed by atoms with Gasteiger partial charge in [-0.15, -0.1) is 11.3 Å². The average molecular weight is 192 g/mol. The fourth-order valence-corrected chi connectivity index (χ4v) is 1.86. The monoisotopic (exact) mass is 192 g/mol. The van der Waals surface area contributed by atoms with E-state index in [0.717, 1.165) is 18.4 Å². The molecule has 0 aliphatic heterocycles. The molecule has 0 amide bonds. The number of nitrogens with one attached hydrogen (secondary N) is 1. The summed E-state index contributed by atoms with van der Waals surface area (Å²) in [5.41, 5.74) is 1.44. The van der Waals surface area contributed by atoms with Gasteiger partial charge < -0.3 is 0 Å². The molecule has 0 aliphatic carbocycles. The van der Waals surface area contributed by atoms with Gasteiger partial charge >= 0.3 is 0 Å². The molecule has 0 saturated carbocycles. The lowest BCUT2D eigenvalue weighted by Crippen LogP contribution is -1.83. The van der Waals surface area contributed by atoms with Crippen LogP contribution in [0.5, 0.6) is 0 Å². The first-order chi connectivity index (χ1) is 6.38. The van der Waals surface area contributed by atoms with Crippen LogP contribution in [0.2, 0.25) is 0 Å². The van der Waals surface area contributed by atoms with Crippen LogP contribution in [0.15, 0.2) is 23.6 Å². The number of aromatic amines is 1. The van der Waals surface area contributed by atoms with Gasteiger partial charge in [-0.3, -0.25) is 9.89 Å². The van der Waals surface area contributed by atoms with Crippen LogP contribution in [-0.2, 0) is 6.42 Å². The molecule has 0 fully saturated rings. The van der Waals surface area contributed by atoms with Gasteiger partial charge in [-0.05, 0) is 17.5 Å². The Bertz CT molecular complexity index is 391. The van der Waals surface area contributed by atoms with Crippen LogP contribution in [0.3, 0.4) is 0 Å². The summed E-state index contributed by atoms with van der Waals surface area (Å²) in [5.74, 6) is 0. The summed E-state index contributed by atoms with van der Waals surface area (Å²) in [6.45, 7) is 0. The number of aldehydes is 1. The molecular formula is C9H8N2OS. The van der Waals surface area contributed by atoms with Crippen LogP contribution < -0.4 is 0 Å². The number of carbonyl (C=O) groups is 1. The Labute approximate surface area is 79.4 Å². The summed E-state index contributed by atoms with van der Waals surface area (Å²) in [6, 6.07) is 5.84. The standard InChI is InChI=1S/C9H8N2OS/c12-6-8-4-7(10-11-8)5-9-2-1-3-13-9/h1-4,6H,5H2,(H,10,11). The van der Waals surface area contributed by atoms with E-state index in [9.17, 15) is 4.79 Å². The largest absolute Gasteiger partial charge is 0.296 e. The molecule has 0 radical (unpaired) electrons. The zero-order valence-corrected chi connectivity index (χ0v) is 7.67. The van der Waals surface area contributed by atoms with E-state index < -0.39 is 0 Å². The molecule has 0 spiro atoms. The maximum atomic E-state index is 10.3. The summed E-state index contributed by atoms with van der Waals surface area (Å²) in [7, 11) is 0. The van der Waals surface area contributed by atoms with E-state index in [1.165, 1.54) is 4.88 Å². The highest BCUT2D eigenvalue weighted by Gasteiger charge is 2.01. The Balaban J connectivity index is 2.14. The third-order valence-electron chi connectivity index (χ3n) is 1.72. The van der Waals surface area contributed by atoms with E-state index in [-0.39, 0.29) is 0 Å². The molecule has 4 heteroatoms.